The van der Waals surface area contributed by atoms with Gasteiger partial charge in [0, 0.05) is 19.1 Å². The van der Waals surface area contributed by atoms with Gasteiger partial charge in [0.1, 0.15) is 6.04 Å². The predicted octanol–water partition coefficient (Wildman–Crippen LogP) is 5.51. The molecule has 0 saturated heterocycles. The Hall–Kier alpha value is -1.93. The highest BCUT2D eigenvalue weighted by Gasteiger charge is 2.17. The molecule has 4 nitrogen and oxygen atoms in total. The largest absolute Gasteiger partial charge is 0.480 e. The molecular weight excluding hydrogens is 382 g/mol. The zero-order chi connectivity index (χ0) is 22.1. The molecule has 0 fully saturated rings. The fourth-order valence-electron chi connectivity index (χ4n) is 2.52. The summed E-state index contributed by atoms with van der Waals surface area (Å²) in [7, 11) is 0. The molecule has 0 aromatic carbocycles. The topological polar surface area (TPSA) is 66.4 Å². The molecule has 2 N–H and O–H groups in total. The number of hydrogen-bond acceptors (Lipinski definition) is 3. The number of carboxylic acid groups (broad SMARTS) is 1. The Morgan fingerprint density at radius 2 is 1.52 bits per heavy atom. The maximum absolute atomic E-state index is 11.0. The Labute approximate surface area is 181 Å². The first-order valence-corrected chi connectivity index (χ1v) is 11.4. The van der Waals surface area contributed by atoms with Crippen molar-refractivity contribution < 1.29 is 14.7 Å². The Kier molecular flexibility index (Phi) is 15.8. The summed E-state index contributed by atoms with van der Waals surface area (Å²) in [6, 6.07) is -0.852. The molecule has 1 atom stereocenters. The number of amides is 1. The van der Waals surface area contributed by atoms with Gasteiger partial charge in [0.05, 0.1) is 5.75 Å². The number of rotatable bonds is 13. The Bertz CT molecular complexity index is 661. The van der Waals surface area contributed by atoms with Gasteiger partial charge in [-0.1, -0.05) is 40.9 Å². The average molecular weight is 420 g/mol. The van der Waals surface area contributed by atoms with Crippen LogP contribution in [0.3, 0.4) is 0 Å². The van der Waals surface area contributed by atoms with E-state index in [1.165, 1.54) is 35.4 Å². The van der Waals surface area contributed by atoms with Crippen molar-refractivity contribution in [2.45, 2.75) is 79.2 Å². The van der Waals surface area contributed by atoms with E-state index in [0.29, 0.717) is 11.5 Å². The van der Waals surface area contributed by atoms with Gasteiger partial charge in [0.25, 0.3) is 0 Å². The monoisotopic (exact) mass is 419 g/mol. The van der Waals surface area contributed by atoms with Crippen LogP contribution in [0.15, 0.2) is 34.9 Å². The van der Waals surface area contributed by atoms with E-state index >= 15 is 0 Å². The molecule has 0 saturated carbocycles. The summed E-state index contributed by atoms with van der Waals surface area (Å²) >= 11 is 1.42. The summed E-state index contributed by atoms with van der Waals surface area (Å²) in [6.07, 6.45) is 13.1. The molecule has 0 aliphatic carbocycles. The van der Waals surface area contributed by atoms with E-state index in [1.807, 2.05) is 0 Å². The molecule has 162 valence electrons. The summed E-state index contributed by atoms with van der Waals surface area (Å²) in [5.41, 5.74) is 4.24. The second-order valence-electron chi connectivity index (χ2n) is 7.46. The van der Waals surface area contributed by atoms with Gasteiger partial charge in [-0.05, 0) is 59.8 Å². The van der Waals surface area contributed by atoms with Gasteiger partial charge in [-0.25, -0.2) is 4.79 Å². The molecule has 0 spiro atoms. The lowest BCUT2D eigenvalue weighted by molar-refractivity contribution is -0.140. The molecular formula is C24H37NO3S. The van der Waals surface area contributed by atoms with Crippen LogP contribution < -0.4 is 5.32 Å². The van der Waals surface area contributed by atoms with Gasteiger partial charge in [0.2, 0.25) is 5.91 Å². The summed E-state index contributed by atoms with van der Waals surface area (Å²) < 4.78 is 0. The minimum atomic E-state index is -1.01. The first-order chi connectivity index (χ1) is 13.7. The Balaban J connectivity index is 3.98. The first-order valence-electron chi connectivity index (χ1n) is 10.2. The molecule has 0 aliphatic heterocycles. The average Bonchev–Trinajstić information content (AvgIpc) is 2.62. The van der Waals surface area contributed by atoms with Crippen LogP contribution in [0.1, 0.15) is 73.1 Å². The smallest absolute Gasteiger partial charge is 0.327 e. The Morgan fingerprint density at radius 1 is 0.931 bits per heavy atom. The lowest BCUT2D eigenvalue weighted by atomic mass is 10.1. The van der Waals surface area contributed by atoms with Crippen molar-refractivity contribution in [1.82, 2.24) is 5.32 Å². The molecule has 5 heteroatoms. The van der Waals surface area contributed by atoms with Crippen LogP contribution in [0.5, 0.6) is 0 Å². The van der Waals surface area contributed by atoms with E-state index in [4.69, 9.17) is 5.11 Å². The first kappa shape index (κ1) is 27.1. The third-order valence-electron chi connectivity index (χ3n) is 4.14. The number of unbranched alkanes of at least 4 members (excludes halogenated alkanes) is 1. The maximum Gasteiger partial charge on any atom is 0.327 e. The highest BCUT2D eigenvalue weighted by atomic mass is 32.2. The number of nitrogens with one attached hydrogen (secondary N) is 1. The van der Waals surface area contributed by atoms with Gasteiger partial charge in [-0.3, -0.25) is 4.79 Å². The highest BCUT2D eigenvalue weighted by Crippen LogP contribution is 2.12. The van der Waals surface area contributed by atoms with Crippen LogP contribution in [0.4, 0.5) is 0 Å². The third-order valence-corrected chi connectivity index (χ3v) is 5.06. The molecule has 1 amide bonds. The number of thioether (sulfide) groups is 1. The van der Waals surface area contributed by atoms with Gasteiger partial charge in [-0.2, -0.15) is 0 Å². The number of carbonyl (C=O) groups excluding carboxylic acids is 1. The minimum absolute atomic E-state index is 0.323. The number of hydrogen-bond donors (Lipinski definition) is 2. The van der Waals surface area contributed by atoms with Gasteiger partial charge in [-0.15, -0.1) is 17.7 Å². The second-order valence-corrected chi connectivity index (χ2v) is 8.49. The van der Waals surface area contributed by atoms with Crippen molar-refractivity contribution in [3.05, 3.63) is 34.9 Å². The predicted molar refractivity (Wildman–Crippen MR) is 125 cm³/mol. The van der Waals surface area contributed by atoms with Crippen molar-refractivity contribution in [1.29, 1.82) is 0 Å². The van der Waals surface area contributed by atoms with Crippen molar-refractivity contribution in [3.8, 4) is 11.8 Å². The summed E-state index contributed by atoms with van der Waals surface area (Å²) in [6.45, 7) is 9.97. The maximum atomic E-state index is 11.0. The Morgan fingerprint density at radius 3 is 2.07 bits per heavy atom. The minimum Gasteiger partial charge on any atom is -0.480 e. The van der Waals surface area contributed by atoms with Crippen molar-refractivity contribution >= 4 is 23.6 Å². The van der Waals surface area contributed by atoms with Crippen LogP contribution >= 0.6 is 11.8 Å². The number of aliphatic carboxylic acids is 1. The van der Waals surface area contributed by atoms with E-state index in [2.05, 4.69) is 63.1 Å². The molecule has 0 aromatic rings. The van der Waals surface area contributed by atoms with Gasteiger partial charge < -0.3 is 10.4 Å². The zero-order valence-corrected chi connectivity index (χ0v) is 19.5. The van der Waals surface area contributed by atoms with Crippen molar-refractivity contribution in [3.63, 3.8) is 0 Å². The molecule has 29 heavy (non-hydrogen) atoms. The quantitative estimate of drug-likeness (QED) is 0.235. The van der Waals surface area contributed by atoms with E-state index < -0.39 is 12.0 Å². The molecule has 0 aromatic heterocycles. The van der Waals surface area contributed by atoms with E-state index in [0.717, 1.165) is 38.5 Å². The fraction of sp³-hybridized carbons (Fsp3) is 0.583. The normalized spacial score (nSPS) is 12.6. The zero-order valence-electron chi connectivity index (χ0n) is 18.6. The molecule has 0 rings (SSSR count). The molecule has 0 radical (unpaired) electrons. The van der Waals surface area contributed by atoms with Crippen LogP contribution in [0, 0.1) is 11.8 Å². The lowest BCUT2D eigenvalue weighted by Crippen LogP contribution is -2.41. The third kappa shape index (κ3) is 17.9. The van der Waals surface area contributed by atoms with E-state index in [1.54, 1.807) is 0 Å². The van der Waals surface area contributed by atoms with Crippen LogP contribution in [0.2, 0.25) is 0 Å². The molecule has 0 heterocycles. The SMILES string of the molecule is CC(=O)N[C@@H](CSCC#CCC/C=C(\C)CC/C=C(\C)CCC=C(C)C)C(=O)O. The fourth-order valence-corrected chi connectivity index (χ4v) is 3.30. The molecule has 0 aliphatic rings. The van der Waals surface area contributed by atoms with Crippen molar-refractivity contribution in [2.75, 3.05) is 11.5 Å². The van der Waals surface area contributed by atoms with Gasteiger partial charge >= 0.3 is 5.97 Å². The second kappa shape index (κ2) is 17.0. The molecule has 0 bridgehead atoms. The number of allylic oxidation sites excluding steroid dienone is 6. The van der Waals surface area contributed by atoms with Crippen molar-refractivity contribution in [2.24, 2.45) is 0 Å². The van der Waals surface area contributed by atoms with E-state index in [-0.39, 0.29) is 5.91 Å². The van der Waals surface area contributed by atoms with Crippen LogP contribution in [0.25, 0.3) is 0 Å². The summed E-state index contributed by atoms with van der Waals surface area (Å²) in [5, 5.41) is 11.4. The van der Waals surface area contributed by atoms with Gasteiger partial charge in [0.15, 0.2) is 0 Å². The summed E-state index contributed by atoms with van der Waals surface area (Å²) in [5.74, 6) is 5.73. The summed E-state index contributed by atoms with van der Waals surface area (Å²) in [4.78, 5) is 22.0. The molecule has 0 unspecified atom stereocenters. The number of carboxylic acids is 1. The number of carbonyl (C=O) groups is 2. The standard InChI is InChI=1S/C24H37NO3S/c1-19(2)12-10-14-21(4)16-11-15-20(3)13-8-6-7-9-17-29-18-23(24(27)28)25-22(5)26/h12-13,16,23H,6,8,10-11,14-15,17-18H2,1-5H3,(H,25,26)(H,27,28)/b20-13+,21-16+/t23-/m0/s1. The van der Waals surface area contributed by atoms with Crippen LogP contribution in [-0.2, 0) is 9.59 Å². The highest BCUT2D eigenvalue weighted by molar-refractivity contribution is 7.99. The van der Waals surface area contributed by atoms with E-state index in [9.17, 15) is 9.59 Å². The van der Waals surface area contributed by atoms with Crippen LogP contribution in [-0.4, -0.2) is 34.5 Å². The lowest BCUT2D eigenvalue weighted by Gasteiger charge is -2.11.